The van der Waals surface area contributed by atoms with Gasteiger partial charge < -0.3 is 0 Å². The molecule has 0 amide bonds. The van der Waals surface area contributed by atoms with Crippen molar-refractivity contribution >= 4 is 17.1 Å². The van der Waals surface area contributed by atoms with Crippen LogP contribution in [-0.4, -0.2) is 5.43 Å². The van der Waals surface area contributed by atoms with E-state index in [1.54, 1.807) is 27.8 Å². The molecule has 2 atom stereocenters. The maximum absolute atomic E-state index is 2.74. The molecular formula is C25H30SiZr. The summed E-state index contributed by atoms with van der Waals surface area (Å²) in [4.78, 5) is 0. The zero-order valence-corrected chi connectivity index (χ0v) is 20.5. The number of rotatable bonds is 5. The summed E-state index contributed by atoms with van der Waals surface area (Å²) in [5.41, 5.74) is 9.37. The molecule has 2 aliphatic carbocycles. The second-order valence-corrected chi connectivity index (χ2v) is 26.2. The molecule has 0 radical (unpaired) electrons. The van der Waals surface area contributed by atoms with Gasteiger partial charge in [-0.15, -0.1) is 0 Å². The van der Waals surface area contributed by atoms with Crippen molar-refractivity contribution in [2.24, 2.45) is 0 Å². The second-order valence-electron chi connectivity index (χ2n) is 8.27. The third-order valence-corrected chi connectivity index (χ3v) is 25.6. The van der Waals surface area contributed by atoms with Crippen LogP contribution in [0.1, 0.15) is 62.6 Å². The van der Waals surface area contributed by atoms with Crippen molar-refractivity contribution in [1.29, 1.82) is 0 Å². The average molecular weight is 450 g/mol. The van der Waals surface area contributed by atoms with Gasteiger partial charge in [0.2, 0.25) is 0 Å². The zero-order chi connectivity index (χ0) is 19.0. The van der Waals surface area contributed by atoms with Gasteiger partial charge in [0.1, 0.15) is 0 Å². The second kappa shape index (κ2) is 8.18. The first-order chi connectivity index (χ1) is 13.1. The van der Waals surface area contributed by atoms with Gasteiger partial charge in [-0.25, -0.2) is 0 Å². The van der Waals surface area contributed by atoms with Crippen molar-refractivity contribution in [3.8, 4) is 0 Å². The van der Waals surface area contributed by atoms with Crippen molar-refractivity contribution < 1.29 is 20.4 Å². The Bertz CT molecular complexity index is 960. The van der Waals surface area contributed by atoms with Gasteiger partial charge >= 0.3 is 173 Å². The minimum atomic E-state index is -1.79. The molecule has 2 aromatic carbocycles. The molecule has 0 fully saturated rings. The first-order valence-corrected chi connectivity index (χ1v) is 19.4. The Morgan fingerprint density at radius 1 is 0.963 bits per heavy atom. The van der Waals surface area contributed by atoms with Crippen LogP contribution in [0.4, 0.5) is 0 Å². The first-order valence-electron chi connectivity index (χ1n) is 10.4. The van der Waals surface area contributed by atoms with Crippen molar-refractivity contribution in [3.63, 3.8) is 0 Å². The van der Waals surface area contributed by atoms with Crippen molar-refractivity contribution in [2.75, 3.05) is 0 Å². The molecule has 0 N–H and O–H groups in total. The Labute approximate surface area is 172 Å². The van der Waals surface area contributed by atoms with E-state index in [9.17, 15) is 0 Å². The Morgan fingerprint density at radius 2 is 1.67 bits per heavy atom. The van der Waals surface area contributed by atoms with Crippen LogP contribution in [0.15, 0.2) is 60.2 Å². The van der Waals surface area contributed by atoms with E-state index in [1.807, 2.05) is 0 Å². The van der Waals surface area contributed by atoms with Gasteiger partial charge in [-0.1, -0.05) is 0 Å². The Balaban J connectivity index is 1.82. The summed E-state index contributed by atoms with van der Waals surface area (Å²) < 4.78 is 1.53. The van der Waals surface area contributed by atoms with E-state index < -0.39 is 20.4 Å². The molecular weight excluding hydrogens is 420 g/mol. The summed E-state index contributed by atoms with van der Waals surface area (Å²) in [6.07, 6.45) is 9.07. The molecule has 0 saturated heterocycles. The number of benzene rings is 2. The van der Waals surface area contributed by atoms with E-state index in [0.717, 1.165) is 7.25 Å². The summed E-state index contributed by atoms with van der Waals surface area (Å²) in [5.74, 6) is 0. The topological polar surface area (TPSA) is 0 Å². The molecule has 0 bridgehead atoms. The van der Waals surface area contributed by atoms with Crippen LogP contribution < -0.4 is 0 Å². The van der Waals surface area contributed by atoms with Gasteiger partial charge in [0, 0.05) is 0 Å². The Kier molecular flexibility index (Phi) is 5.86. The van der Waals surface area contributed by atoms with E-state index in [1.165, 1.54) is 24.8 Å². The third kappa shape index (κ3) is 3.56. The molecule has 0 aliphatic heterocycles. The molecule has 2 aromatic rings. The van der Waals surface area contributed by atoms with Crippen LogP contribution in [0.5, 0.6) is 0 Å². The fraction of sp³-hybridized carbons (Fsp3) is 0.360. The van der Waals surface area contributed by atoms with E-state index in [0.29, 0.717) is 0 Å². The van der Waals surface area contributed by atoms with Crippen molar-refractivity contribution in [3.05, 3.63) is 82.4 Å². The van der Waals surface area contributed by atoms with Crippen LogP contribution >= 0.6 is 0 Å². The Morgan fingerprint density at radius 3 is 2.41 bits per heavy atom. The van der Waals surface area contributed by atoms with Crippen LogP contribution in [-0.2, 0) is 20.4 Å². The standard InChI is InChI=1S/C13H15.C10H9.C2H6Si.Zr/c1-2-3-6-11-9-10-12-7-4-5-8-13(11)12;1-8-6-9-4-2-3-5-10(9)7-8;1-3-2;/h4-5,7-10H,2-3,6H2,1H3;2-7H,1H3;1-2H3;. The minimum absolute atomic E-state index is 0.287. The van der Waals surface area contributed by atoms with Crippen LogP contribution in [0, 0.1) is 0 Å². The molecule has 2 unspecified atom stereocenters. The van der Waals surface area contributed by atoms with E-state index in [-0.39, 0.29) is 5.43 Å². The van der Waals surface area contributed by atoms with Crippen LogP contribution in [0.2, 0.25) is 13.1 Å². The van der Waals surface area contributed by atoms with Crippen molar-refractivity contribution in [1.82, 2.24) is 0 Å². The van der Waals surface area contributed by atoms with Crippen LogP contribution in [0.3, 0.4) is 0 Å². The predicted molar refractivity (Wildman–Crippen MR) is 117 cm³/mol. The summed E-state index contributed by atoms with van der Waals surface area (Å²) >= 11 is -1.79. The normalized spacial score (nSPS) is 20.0. The average Bonchev–Trinajstić information content (AvgIpc) is 3.19. The molecule has 0 heterocycles. The molecule has 0 nitrogen and oxygen atoms in total. The SMILES string of the molecule is CCCCC1=C[CH]([Zr]([CH]2C(C)=Cc3ccccc32)=[Si](C)C)c2ccccc21. The zero-order valence-electron chi connectivity index (χ0n) is 17.0. The first kappa shape index (κ1) is 19.3. The number of hydrogen-bond donors (Lipinski definition) is 0. The molecule has 27 heavy (non-hydrogen) atoms. The van der Waals surface area contributed by atoms with E-state index in [2.05, 4.69) is 87.6 Å². The Hall–Kier alpha value is -0.980. The quantitative estimate of drug-likeness (QED) is 0.419. The monoisotopic (exact) mass is 448 g/mol. The van der Waals surface area contributed by atoms with Gasteiger partial charge in [-0.2, -0.15) is 0 Å². The van der Waals surface area contributed by atoms with Crippen LogP contribution in [0.25, 0.3) is 11.6 Å². The van der Waals surface area contributed by atoms with Gasteiger partial charge in [-0.05, 0) is 0 Å². The summed E-state index contributed by atoms with van der Waals surface area (Å²) in [7, 11) is 0. The molecule has 4 rings (SSSR count). The molecule has 2 aliphatic rings. The molecule has 0 aromatic heterocycles. The van der Waals surface area contributed by atoms with Crippen molar-refractivity contribution in [2.45, 2.75) is 53.5 Å². The molecule has 138 valence electrons. The number of unbranched alkanes of at least 4 members (excludes halogenated alkanes) is 1. The van der Waals surface area contributed by atoms with Gasteiger partial charge in [0.15, 0.2) is 0 Å². The number of allylic oxidation sites excluding steroid dienone is 3. The molecule has 0 saturated carbocycles. The summed E-state index contributed by atoms with van der Waals surface area (Å²) in [5, 5.41) is 0. The predicted octanol–water partition coefficient (Wildman–Crippen LogP) is 7.34. The summed E-state index contributed by atoms with van der Waals surface area (Å²) in [6, 6.07) is 18.5. The van der Waals surface area contributed by atoms with E-state index in [4.69, 9.17) is 0 Å². The molecule has 2 heteroatoms. The number of fused-ring (bicyclic) bond motifs is 2. The van der Waals surface area contributed by atoms with Gasteiger partial charge in [-0.3, -0.25) is 0 Å². The maximum atomic E-state index is 2.74. The summed E-state index contributed by atoms with van der Waals surface area (Å²) in [6.45, 7) is 9.92. The van der Waals surface area contributed by atoms with Gasteiger partial charge in [0.05, 0.1) is 0 Å². The molecule has 0 spiro atoms. The third-order valence-electron chi connectivity index (χ3n) is 6.18. The van der Waals surface area contributed by atoms with E-state index >= 15 is 0 Å². The fourth-order valence-electron chi connectivity index (χ4n) is 4.96. The fourth-order valence-corrected chi connectivity index (χ4v) is 24.8. The van der Waals surface area contributed by atoms with Gasteiger partial charge in [0.25, 0.3) is 0 Å². The number of hydrogen-bond acceptors (Lipinski definition) is 0.